The molecule has 1 aliphatic rings. The second-order valence-corrected chi connectivity index (χ2v) is 6.27. The first-order chi connectivity index (χ1) is 8.82. The van der Waals surface area contributed by atoms with Gasteiger partial charge in [0.1, 0.15) is 0 Å². The Kier molecular flexibility index (Phi) is 3.63. The molecule has 1 saturated heterocycles. The number of aromatic nitrogens is 1. The highest BCUT2D eigenvalue weighted by atomic mass is 16.3. The summed E-state index contributed by atoms with van der Waals surface area (Å²) in [4.78, 5) is 18.0. The number of rotatable bonds is 3. The van der Waals surface area contributed by atoms with Crippen LogP contribution in [0.1, 0.15) is 32.8 Å². The number of likely N-dealkylation sites (tertiary alicyclic amines) is 1. The summed E-state index contributed by atoms with van der Waals surface area (Å²) in [6, 6.07) is 3.86. The molecule has 0 radical (unpaired) electrons. The van der Waals surface area contributed by atoms with E-state index in [4.69, 9.17) is 0 Å². The van der Waals surface area contributed by atoms with Gasteiger partial charge in [-0.1, -0.05) is 19.9 Å². The second-order valence-electron chi connectivity index (χ2n) is 6.27. The van der Waals surface area contributed by atoms with Crippen molar-refractivity contribution in [3.8, 4) is 0 Å². The third kappa shape index (κ3) is 2.95. The number of aliphatic hydroxyl groups is 1. The van der Waals surface area contributed by atoms with E-state index in [2.05, 4.69) is 4.98 Å². The van der Waals surface area contributed by atoms with Crippen molar-refractivity contribution < 1.29 is 9.90 Å². The van der Waals surface area contributed by atoms with Gasteiger partial charge in [0.05, 0.1) is 5.60 Å². The quantitative estimate of drug-likeness (QED) is 0.901. The third-order valence-electron chi connectivity index (χ3n) is 4.25. The molecule has 1 unspecified atom stereocenters. The molecule has 0 aliphatic carbocycles. The smallest absolute Gasteiger partial charge is 0.223 e. The highest BCUT2D eigenvalue weighted by molar-refractivity contribution is 5.77. The van der Waals surface area contributed by atoms with Crippen molar-refractivity contribution in [3.63, 3.8) is 0 Å². The molecule has 1 fully saturated rings. The summed E-state index contributed by atoms with van der Waals surface area (Å²) >= 11 is 0. The fourth-order valence-electron chi connectivity index (χ4n) is 2.42. The van der Waals surface area contributed by atoms with Crippen LogP contribution in [0.2, 0.25) is 0 Å². The van der Waals surface area contributed by atoms with E-state index in [1.807, 2.05) is 26.0 Å². The van der Waals surface area contributed by atoms with Gasteiger partial charge in [-0.05, 0) is 25.0 Å². The monoisotopic (exact) mass is 262 g/mol. The van der Waals surface area contributed by atoms with E-state index in [1.54, 1.807) is 24.2 Å². The molecule has 4 heteroatoms. The van der Waals surface area contributed by atoms with E-state index in [-0.39, 0.29) is 11.3 Å². The maximum absolute atomic E-state index is 12.2. The molecule has 0 aromatic carbocycles. The molecule has 0 spiro atoms. The van der Waals surface area contributed by atoms with E-state index in [0.29, 0.717) is 25.9 Å². The topological polar surface area (TPSA) is 53.4 Å². The van der Waals surface area contributed by atoms with Crippen LogP contribution in [-0.4, -0.2) is 39.6 Å². The van der Waals surface area contributed by atoms with Gasteiger partial charge in [-0.15, -0.1) is 0 Å². The molecule has 1 amide bonds. The number of aryl methyl sites for hydroxylation is 1. The lowest BCUT2D eigenvalue weighted by molar-refractivity contribution is -0.131. The normalized spacial score (nSPS) is 25.6. The zero-order valence-corrected chi connectivity index (χ0v) is 11.9. The molecule has 0 saturated carbocycles. The van der Waals surface area contributed by atoms with E-state index in [1.165, 1.54) is 0 Å². The Labute approximate surface area is 114 Å². The summed E-state index contributed by atoms with van der Waals surface area (Å²) in [7, 11) is 0. The van der Waals surface area contributed by atoms with Crippen LogP contribution in [0.5, 0.6) is 0 Å². The summed E-state index contributed by atoms with van der Waals surface area (Å²) < 4.78 is 0. The Morgan fingerprint density at radius 2 is 2.16 bits per heavy atom. The van der Waals surface area contributed by atoms with Crippen molar-refractivity contribution in [1.82, 2.24) is 9.88 Å². The summed E-state index contributed by atoms with van der Waals surface area (Å²) in [5, 5.41) is 10.3. The van der Waals surface area contributed by atoms with E-state index in [0.717, 1.165) is 5.56 Å². The van der Waals surface area contributed by atoms with Crippen LogP contribution in [0.25, 0.3) is 0 Å². The average Bonchev–Trinajstić information content (AvgIpc) is 2.57. The van der Waals surface area contributed by atoms with E-state index < -0.39 is 5.60 Å². The van der Waals surface area contributed by atoms with Gasteiger partial charge in [0.25, 0.3) is 0 Å². The number of nitrogens with zero attached hydrogens (tertiary/aromatic N) is 2. The maximum Gasteiger partial charge on any atom is 0.223 e. The SMILES string of the molecule is CC1(C)CN(C(=O)CCc2cccnc2)CC1(C)O. The number of β-amino-alcohol motifs (C(OH)–C–C–N with tert-alkyl or cyclic N) is 1. The summed E-state index contributed by atoms with van der Waals surface area (Å²) in [5.41, 5.74) is 0.00885. The van der Waals surface area contributed by atoms with Gasteiger partial charge in [0.2, 0.25) is 5.91 Å². The molecule has 2 heterocycles. The highest BCUT2D eigenvalue weighted by Crippen LogP contribution is 2.38. The second kappa shape index (κ2) is 4.93. The molecule has 1 N–H and O–H groups in total. The number of hydrogen-bond donors (Lipinski definition) is 1. The molecule has 0 bridgehead atoms. The van der Waals surface area contributed by atoms with E-state index in [9.17, 15) is 9.90 Å². The molecule has 19 heavy (non-hydrogen) atoms. The first kappa shape index (κ1) is 14.0. The van der Waals surface area contributed by atoms with Gasteiger partial charge in [-0.25, -0.2) is 0 Å². The number of amides is 1. The Balaban J connectivity index is 1.92. The van der Waals surface area contributed by atoms with Crippen LogP contribution in [0.4, 0.5) is 0 Å². The van der Waals surface area contributed by atoms with Crippen LogP contribution in [0.15, 0.2) is 24.5 Å². The molecular formula is C15H22N2O2. The molecule has 104 valence electrons. The first-order valence-corrected chi connectivity index (χ1v) is 6.71. The van der Waals surface area contributed by atoms with Crippen molar-refractivity contribution in [1.29, 1.82) is 0 Å². The lowest BCUT2D eigenvalue weighted by Gasteiger charge is -2.30. The molecule has 4 nitrogen and oxygen atoms in total. The molecule has 1 aromatic rings. The summed E-state index contributed by atoms with van der Waals surface area (Å²) in [6.45, 7) is 6.85. The lowest BCUT2D eigenvalue weighted by atomic mass is 9.79. The van der Waals surface area contributed by atoms with Crippen molar-refractivity contribution in [2.75, 3.05) is 13.1 Å². The average molecular weight is 262 g/mol. The van der Waals surface area contributed by atoms with Gasteiger partial charge >= 0.3 is 0 Å². The largest absolute Gasteiger partial charge is 0.388 e. The fraction of sp³-hybridized carbons (Fsp3) is 0.600. The zero-order chi connectivity index (χ0) is 14.1. The van der Waals surface area contributed by atoms with Gasteiger partial charge in [0.15, 0.2) is 0 Å². The standard InChI is InChI=1S/C15H22N2O2/c1-14(2)10-17(11-15(14,3)19)13(18)7-6-12-5-4-8-16-9-12/h4-5,8-9,19H,6-7,10-11H2,1-3H3. The highest BCUT2D eigenvalue weighted by Gasteiger charge is 2.48. The zero-order valence-electron chi connectivity index (χ0n) is 11.9. The van der Waals surface area contributed by atoms with Gasteiger partial charge in [-0.3, -0.25) is 9.78 Å². The van der Waals surface area contributed by atoms with Crippen molar-refractivity contribution in [3.05, 3.63) is 30.1 Å². The molecule has 1 aromatic heterocycles. The minimum Gasteiger partial charge on any atom is -0.388 e. The summed E-state index contributed by atoms with van der Waals surface area (Å²) in [6.07, 6.45) is 4.69. The summed E-state index contributed by atoms with van der Waals surface area (Å²) in [5.74, 6) is 0.106. The number of carbonyl (C=O) groups excluding carboxylic acids is 1. The minimum atomic E-state index is -0.809. The molecule has 1 atom stereocenters. The van der Waals surface area contributed by atoms with Gasteiger partial charge in [-0.2, -0.15) is 0 Å². The Bertz CT molecular complexity index is 438. The predicted octanol–water partition coefficient (Wildman–Crippen LogP) is 1.63. The number of carbonyl (C=O) groups is 1. The number of hydrogen-bond acceptors (Lipinski definition) is 3. The van der Waals surface area contributed by atoms with Crippen LogP contribution >= 0.6 is 0 Å². The van der Waals surface area contributed by atoms with Crippen molar-refractivity contribution >= 4 is 5.91 Å². The van der Waals surface area contributed by atoms with Crippen molar-refractivity contribution in [2.24, 2.45) is 5.41 Å². The van der Waals surface area contributed by atoms with E-state index >= 15 is 0 Å². The Morgan fingerprint density at radius 3 is 2.68 bits per heavy atom. The predicted molar refractivity (Wildman–Crippen MR) is 73.5 cm³/mol. The van der Waals surface area contributed by atoms with Gasteiger partial charge < -0.3 is 10.0 Å². The fourth-order valence-corrected chi connectivity index (χ4v) is 2.42. The maximum atomic E-state index is 12.2. The van der Waals surface area contributed by atoms with Crippen molar-refractivity contribution in [2.45, 2.75) is 39.2 Å². The Morgan fingerprint density at radius 1 is 1.42 bits per heavy atom. The van der Waals surface area contributed by atoms with Crippen LogP contribution in [0.3, 0.4) is 0 Å². The first-order valence-electron chi connectivity index (χ1n) is 6.71. The third-order valence-corrected chi connectivity index (χ3v) is 4.25. The minimum absolute atomic E-state index is 0.106. The molecular weight excluding hydrogens is 240 g/mol. The number of pyridine rings is 1. The van der Waals surface area contributed by atoms with Crippen LogP contribution < -0.4 is 0 Å². The van der Waals surface area contributed by atoms with Gasteiger partial charge in [0, 0.05) is 37.3 Å². The molecule has 2 rings (SSSR count). The van der Waals surface area contributed by atoms with Crippen LogP contribution in [0, 0.1) is 5.41 Å². The Hall–Kier alpha value is -1.42. The molecule has 1 aliphatic heterocycles. The lowest BCUT2D eigenvalue weighted by Crippen LogP contribution is -2.40. The van der Waals surface area contributed by atoms with Crippen LogP contribution in [-0.2, 0) is 11.2 Å².